The standard InChI is InChI=1S/C22H26N2OS/c25-22(21-14-17-8-4-5-11-20(17)26-21)23-15-18-9-2-3-10-19(18)16-24-12-6-1-7-13-24/h2-5,8-11,21H,1,6-7,12-16H2,(H,23,25). The molecule has 1 atom stereocenters. The molecule has 3 nitrogen and oxygen atoms in total. The van der Waals surface area contributed by atoms with E-state index in [9.17, 15) is 4.79 Å². The summed E-state index contributed by atoms with van der Waals surface area (Å²) < 4.78 is 0. The van der Waals surface area contributed by atoms with Crippen LogP contribution in [0, 0.1) is 0 Å². The van der Waals surface area contributed by atoms with Crippen molar-refractivity contribution in [1.82, 2.24) is 10.2 Å². The minimum Gasteiger partial charge on any atom is -0.351 e. The van der Waals surface area contributed by atoms with Gasteiger partial charge in [-0.05, 0) is 55.1 Å². The molecule has 2 heterocycles. The van der Waals surface area contributed by atoms with E-state index in [0.717, 1.165) is 13.0 Å². The van der Waals surface area contributed by atoms with E-state index in [0.29, 0.717) is 6.54 Å². The number of piperidine rings is 1. The second kappa shape index (κ2) is 8.28. The molecular formula is C22H26N2OS. The van der Waals surface area contributed by atoms with Crippen LogP contribution in [0.1, 0.15) is 36.0 Å². The Morgan fingerprint density at radius 1 is 1.00 bits per heavy atom. The van der Waals surface area contributed by atoms with Crippen molar-refractivity contribution in [2.75, 3.05) is 13.1 Å². The van der Waals surface area contributed by atoms with Crippen molar-refractivity contribution in [1.29, 1.82) is 0 Å². The molecule has 1 fully saturated rings. The number of amides is 1. The average Bonchev–Trinajstić information content (AvgIpc) is 3.12. The van der Waals surface area contributed by atoms with Crippen LogP contribution in [0.4, 0.5) is 0 Å². The van der Waals surface area contributed by atoms with E-state index in [1.165, 1.54) is 53.9 Å². The van der Waals surface area contributed by atoms with Crippen molar-refractivity contribution in [2.24, 2.45) is 0 Å². The number of benzene rings is 2. The zero-order chi connectivity index (χ0) is 17.8. The SMILES string of the molecule is O=C(NCc1ccccc1CN1CCCCC1)C1Cc2ccccc2S1. The van der Waals surface area contributed by atoms with Crippen LogP contribution in [-0.4, -0.2) is 29.1 Å². The van der Waals surface area contributed by atoms with Crippen LogP contribution in [0.25, 0.3) is 0 Å². The molecule has 26 heavy (non-hydrogen) atoms. The van der Waals surface area contributed by atoms with Gasteiger partial charge in [-0.3, -0.25) is 9.69 Å². The summed E-state index contributed by atoms with van der Waals surface area (Å²) >= 11 is 1.69. The van der Waals surface area contributed by atoms with Gasteiger partial charge in [0.15, 0.2) is 0 Å². The number of rotatable bonds is 5. The molecule has 4 heteroatoms. The molecule has 0 aliphatic carbocycles. The zero-order valence-electron chi connectivity index (χ0n) is 15.1. The number of nitrogens with zero attached hydrogens (tertiary/aromatic N) is 1. The summed E-state index contributed by atoms with van der Waals surface area (Å²) in [6, 6.07) is 16.9. The van der Waals surface area contributed by atoms with Crippen LogP contribution in [0.3, 0.4) is 0 Å². The Bertz CT molecular complexity index is 745. The molecule has 1 N–H and O–H groups in total. The third-order valence-corrected chi connectivity index (χ3v) is 6.67. The van der Waals surface area contributed by atoms with Gasteiger partial charge >= 0.3 is 0 Å². The highest BCUT2D eigenvalue weighted by molar-refractivity contribution is 8.01. The molecule has 0 aromatic heterocycles. The second-order valence-electron chi connectivity index (χ2n) is 7.24. The van der Waals surface area contributed by atoms with E-state index in [-0.39, 0.29) is 11.2 Å². The summed E-state index contributed by atoms with van der Waals surface area (Å²) in [6.45, 7) is 4.00. The van der Waals surface area contributed by atoms with Crippen molar-refractivity contribution in [3.63, 3.8) is 0 Å². The molecule has 4 rings (SSSR count). The summed E-state index contributed by atoms with van der Waals surface area (Å²) in [4.78, 5) is 16.4. The maximum atomic E-state index is 12.6. The molecule has 1 amide bonds. The van der Waals surface area contributed by atoms with Crippen molar-refractivity contribution in [3.8, 4) is 0 Å². The van der Waals surface area contributed by atoms with E-state index >= 15 is 0 Å². The number of carbonyl (C=O) groups is 1. The lowest BCUT2D eigenvalue weighted by Gasteiger charge is -2.27. The summed E-state index contributed by atoms with van der Waals surface area (Å²) in [5, 5.41) is 3.18. The first-order valence-corrected chi connectivity index (χ1v) is 10.5. The molecule has 1 unspecified atom stereocenters. The van der Waals surface area contributed by atoms with Gasteiger partial charge in [0, 0.05) is 18.0 Å². The lowest BCUT2D eigenvalue weighted by Crippen LogP contribution is -2.33. The Hall–Kier alpha value is -1.78. The quantitative estimate of drug-likeness (QED) is 0.868. The van der Waals surface area contributed by atoms with Gasteiger partial charge in [0.25, 0.3) is 0 Å². The molecule has 1 saturated heterocycles. The molecule has 0 spiro atoms. The van der Waals surface area contributed by atoms with Crippen molar-refractivity contribution in [3.05, 3.63) is 65.2 Å². The Balaban J connectivity index is 1.35. The van der Waals surface area contributed by atoms with E-state index in [4.69, 9.17) is 0 Å². The number of thioether (sulfide) groups is 1. The van der Waals surface area contributed by atoms with Gasteiger partial charge in [-0.25, -0.2) is 0 Å². The van der Waals surface area contributed by atoms with Crippen LogP contribution < -0.4 is 5.32 Å². The Kier molecular flexibility index (Phi) is 5.61. The molecule has 2 aromatic carbocycles. The predicted octanol–water partition coefficient (Wildman–Crippen LogP) is 4.01. The maximum absolute atomic E-state index is 12.6. The molecule has 0 radical (unpaired) electrons. The Morgan fingerprint density at radius 3 is 2.54 bits per heavy atom. The molecule has 136 valence electrons. The number of nitrogens with one attached hydrogen (secondary N) is 1. The van der Waals surface area contributed by atoms with E-state index in [1.807, 2.05) is 6.07 Å². The fourth-order valence-electron chi connectivity index (χ4n) is 3.87. The molecule has 2 aliphatic rings. The molecular weight excluding hydrogens is 340 g/mol. The first-order chi connectivity index (χ1) is 12.8. The topological polar surface area (TPSA) is 32.3 Å². The van der Waals surface area contributed by atoms with Crippen LogP contribution in [0.5, 0.6) is 0 Å². The summed E-state index contributed by atoms with van der Waals surface area (Å²) in [7, 11) is 0. The average molecular weight is 367 g/mol. The molecule has 2 aromatic rings. The minimum absolute atomic E-state index is 0.00153. The highest BCUT2D eigenvalue weighted by atomic mass is 32.2. The minimum atomic E-state index is 0.00153. The first-order valence-electron chi connectivity index (χ1n) is 9.61. The van der Waals surface area contributed by atoms with Gasteiger partial charge < -0.3 is 5.32 Å². The summed E-state index contributed by atoms with van der Waals surface area (Å²) in [5.74, 6) is 0.152. The fourth-order valence-corrected chi connectivity index (χ4v) is 5.09. The van der Waals surface area contributed by atoms with E-state index in [2.05, 4.69) is 52.7 Å². The van der Waals surface area contributed by atoms with E-state index in [1.54, 1.807) is 11.8 Å². The van der Waals surface area contributed by atoms with Crippen LogP contribution in [-0.2, 0) is 24.3 Å². The Morgan fingerprint density at radius 2 is 1.73 bits per heavy atom. The van der Waals surface area contributed by atoms with Gasteiger partial charge in [0.1, 0.15) is 0 Å². The van der Waals surface area contributed by atoms with Gasteiger partial charge in [-0.2, -0.15) is 0 Å². The highest BCUT2D eigenvalue weighted by Crippen LogP contribution is 2.36. The maximum Gasteiger partial charge on any atom is 0.234 e. The molecule has 0 bridgehead atoms. The fraction of sp³-hybridized carbons (Fsp3) is 0.409. The van der Waals surface area contributed by atoms with Gasteiger partial charge in [-0.15, -0.1) is 11.8 Å². The summed E-state index contributed by atoms with van der Waals surface area (Å²) in [6.07, 6.45) is 4.80. The van der Waals surface area contributed by atoms with Gasteiger partial charge in [0.05, 0.1) is 5.25 Å². The molecule has 0 saturated carbocycles. The number of carbonyl (C=O) groups excluding carboxylic acids is 1. The van der Waals surface area contributed by atoms with Crippen molar-refractivity contribution < 1.29 is 4.79 Å². The third kappa shape index (κ3) is 4.13. The largest absolute Gasteiger partial charge is 0.351 e. The lowest BCUT2D eigenvalue weighted by molar-refractivity contribution is -0.120. The smallest absolute Gasteiger partial charge is 0.234 e. The Labute approximate surface area is 160 Å². The number of likely N-dealkylation sites (tertiary alicyclic amines) is 1. The highest BCUT2D eigenvalue weighted by Gasteiger charge is 2.27. The number of fused-ring (bicyclic) bond motifs is 1. The number of hydrogen-bond donors (Lipinski definition) is 1. The van der Waals surface area contributed by atoms with Crippen LogP contribution in [0.15, 0.2) is 53.4 Å². The second-order valence-corrected chi connectivity index (χ2v) is 8.49. The normalized spacial score (nSPS) is 19.9. The predicted molar refractivity (Wildman–Crippen MR) is 107 cm³/mol. The lowest BCUT2D eigenvalue weighted by atomic mass is 10.0. The van der Waals surface area contributed by atoms with Gasteiger partial charge in [-0.1, -0.05) is 48.9 Å². The van der Waals surface area contributed by atoms with Crippen molar-refractivity contribution in [2.45, 2.75) is 48.9 Å². The zero-order valence-corrected chi connectivity index (χ0v) is 15.9. The van der Waals surface area contributed by atoms with Crippen LogP contribution in [0.2, 0.25) is 0 Å². The monoisotopic (exact) mass is 366 g/mol. The van der Waals surface area contributed by atoms with E-state index < -0.39 is 0 Å². The summed E-state index contributed by atoms with van der Waals surface area (Å²) in [5.41, 5.74) is 3.88. The number of hydrogen-bond acceptors (Lipinski definition) is 3. The van der Waals surface area contributed by atoms with Crippen LogP contribution >= 0.6 is 11.8 Å². The molecule has 2 aliphatic heterocycles. The third-order valence-electron chi connectivity index (χ3n) is 5.35. The van der Waals surface area contributed by atoms with Gasteiger partial charge in [0.2, 0.25) is 5.91 Å². The first kappa shape index (κ1) is 17.6. The van der Waals surface area contributed by atoms with Crippen molar-refractivity contribution >= 4 is 17.7 Å².